The van der Waals surface area contributed by atoms with Crippen molar-refractivity contribution in [2.75, 3.05) is 24.4 Å². The Balaban J connectivity index is 1.73. The molecule has 0 spiro atoms. The molecule has 224 valence electrons. The number of hydrogen-bond donors (Lipinski definition) is 4. The Morgan fingerprint density at radius 1 is 0.886 bits per heavy atom. The van der Waals surface area contributed by atoms with Crippen molar-refractivity contribution in [2.45, 2.75) is 19.2 Å². The molecule has 11 nitrogen and oxygen atoms in total. The second-order valence-electron chi connectivity index (χ2n) is 9.49. The molecule has 4 rings (SSSR count). The second kappa shape index (κ2) is 15.3. The number of hydrogen-bond acceptors (Lipinski definition) is 8. The van der Waals surface area contributed by atoms with Crippen molar-refractivity contribution in [3.05, 3.63) is 119 Å². The van der Waals surface area contributed by atoms with Gasteiger partial charge in [0.25, 0.3) is 5.91 Å². The summed E-state index contributed by atoms with van der Waals surface area (Å²) >= 11 is 0. The van der Waals surface area contributed by atoms with Gasteiger partial charge in [-0.15, -0.1) is 0 Å². The summed E-state index contributed by atoms with van der Waals surface area (Å²) < 4.78 is 16.3. The Labute approximate surface area is 254 Å². The number of ether oxygens (including phenoxy) is 3. The summed E-state index contributed by atoms with van der Waals surface area (Å²) in [6.07, 6.45) is -1.11. The summed E-state index contributed by atoms with van der Waals surface area (Å²) in [5.74, 6) is -0.494. The van der Waals surface area contributed by atoms with E-state index in [0.717, 1.165) is 11.1 Å². The largest absolute Gasteiger partial charge is 0.493 e. The lowest BCUT2D eigenvalue weighted by atomic mass is 10.0. The molecule has 0 aliphatic heterocycles. The molecule has 3 amide bonds. The predicted octanol–water partition coefficient (Wildman–Crippen LogP) is 4.65. The van der Waals surface area contributed by atoms with E-state index >= 15 is 0 Å². The minimum atomic E-state index is -1.11. The first-order valence-electron chi connectivity index (χ1n) is 13.6. The van der Waals surface area contributed by atoms with Crippen LogP contribution in [0.1, 0.15) is 28.3 Å². The van der Waals surface area contributed by atoms with Crippen LogP contribution in [0, 0.1) is 11.3 Å². The van der Waals surface area contributed by atoms with E-state index in [1.807, 2.05) is 60.7 Å². The van der Waals surface area contributed by atoms with Crippen molar-refractivity contribution in [1.29, 1.82) is 5.26 Å². The minimum Gasteiger partial charge on any atom is -0.493 e. The third-order valence-corrected chi connectivity index (χ3v) is 6.40. The summed E-state index contributed by atoms with van der Waals surface area (Å²) in [4.78, 5) is 37.7. The number of anilines is 2. The van der Waals surface area contributed by atoms with Crippen molar-refractivity contribution in [1.82, 2.24) is 5.32 Å². The van der Waals surface area contributed by atoms with Crippen molar-refractivity contribution < 1.29 is 28.6 Å². The SMILES string of the molecule is COc1cc(C(Nc2ccc(C#N)cc2)C(=O)NCc2ccccc2)c(NC(=O)COC(N)=O)cc1OCc1ccccc1. The number of rotatable bonds is 13. The first kappa shape index (κ1) is 30.9. The molecule has 1 unspecified atom stereocenters. The van der Waals surface area contributed by atoms with Gasteiger partial charge in [0.05, 0.1) is 24.4 Å². The summed E-state index contributed by atoms with van der Waals surface area (Å²) in [5, 5.41) is 18.0. The van der Waals surface area contributed by atoms with Crippen molar-refractivity contribution in [3.63, 3.8) is 0 Å². The molecule has 0 bridgehead atoms. The Kier molecular flexibility index (Phi) is 10.7. The second-order valence-corrected chi connectivity index (χ2v) is 9.49. The van der Waals surface area contributed by atoms with Crippen molar-refractivity contribution in [3.8, 4) is 17.6 Å². The van der Waals surface area contributed by atoms with Gasteiger partial charge in [0.2, 0.25) is 5.91 Å². The number of carbonyl (C=O) groups is 3. The van der Waals surface area contributed by atoms with Gasteiger partial charge in [-0.1, -0.05) is 60.7 Å². The number of primary amides is 1. The summed E-state index contributed by atoms with van der Waals surface area (Å²) in [6.45, 7) is -0.192. The fourth-order valence-electron chi connectivity index (χ4n) is 4.23. The number of nitrogens with one attached hydrogen (secondary N) is 3. The van der Waals surface area contributed by atoms with Gasteiger partial charge >= 0.3 is 6.09 Å². The number of nitrogens with zero attached hydrogens (tertiary/aromatic N) is 1. The first-order valence-corrected chi connectivity index (χ1v) is 13.6. The minimum absolute atomic E-state index is 0.202. The molecule has 0 heterocycles. The number of amides is 3. The molecule has 0 saturated carbocycles. The fourth-order valence-corrected chi connectivity index (χ4v) is 4.23. The van der Waals surface area contributed by atoms with Crippen LogP contribution in [0.5, 0.6) is 11.5 Å². The molecule has 0 aromatic heterocycles. The zero-order valence-electron chi connectivity index (χ0n) is 23.9. The lowest BCUT2D eigenvalue weighted by Gasteiger charge is -2.24. The van der Waals surface area contributed by atoms with Crippen LogP contribution in [0.3, 0.4) is 0 Å². The maximum atomic E-state index is 13.8. The average molecular weight is 594 g/mol. The van der Waals surface area contributed by atoms with Crippen LogP contribution in [-0.2, 0) is 27.5 Å². The molecule has 44 heavy (non-hydrogen) atoms. The van der Waals surface area contributed by atoms with E-state index in [2.05, 4.69) is 26.8 Å². The maximum Gasteiger partial charge on any atom is 0.405 e. The van der Waals surface area contributed by atoms with Gasteiger partial charge in [0, 0.05) is 23.9 Å². The van der Waals surface area contributed by atoms with E-state index in [1.165, 1.54) is 13.2 Å². The molecule has 0 saturated heterocycles. The third-order valence-electron chi connectivity index (χ3n) is 6.40. The third kappa shape index (κ3) is 8.74. The van der Waals surface area contributed by atoms with E-state index in [9.17, 15) is 19.6 Å². The van der Waals surface area contributed by atoms with E-state index in [4.69, 9.17) is 15.2 Å². The molecule has 11 heteroatoms. The predicted molar refractivity (Wildman–Crippen MR) is 164 cm³/mol. The smallest absolute Gasteiger partial charge is 0.405 e. The number of carbonyl (C=O) groups excluding carboxylic acids is 3. The molecular weight excluding hydrogens is 562 g/mol. The Bertz CT molecular complexity index is 1620. The number of nitrogens with two attached hydrogens (primary N) is 1. The van der Waals surface area contributed by atoms with Crippen LogP contribution < -0.4 is 31.2 Å². The summed E-state index contributed by atoms with van der Waals surface area (Å²) in [6, 6.07) is 29.6. The van der Waals surface area contributed by atoms with Crippen LogP contribution in [0.25, 0.3) is 0 Å². The summed E-state index contributed by atoms with van der Waals surface area (Å²) in [5.41, 5.74) is 8.35. The molecule has 4 aromatic rings. The average Bonchev–Trinajstić information content (AvgIpc) is 3.05. The Morgan fingerprint density at radius 3 is 2.16 bits per heavy atom. The monoisotopic (exact) mass is 593 g/mol. The Morgan fingerprint density at radius 2 is 1.55 bits per heavy atom. The highest BCUT2D eigenvalue weighted by Gasteiger charge is 2.27. The summed E-state index contributed by atoms with van der Waals surface area (Å²) in [7, 11) is 1.46. The molecule has 5 N–H and O–H groups in total. The number of methoxy groups -OCH3 is 1. The number of nitriles is 1. The standard InChI is InChI=1S/C33H31N5O6/c1-42-28-16-26(27(38-30(39)21-44-33(35)41)17-29(28)43-20-24-10-6-3-7-11-24)31(37-25-14-12-22(18-34)13-15-25)32(40)36-19-23-8-4-2-5-9-23/h2-17,31,37H,19-21H2,1H3,(H2,35,41)(H,36,40)(H,38,39). The van der Waals surface area contributed by atoms with Gasteiger partial charge < -0.3 is 35.9 Å². The molecular formula is C33H31N5O6. The zero-order chi connectivity index (χ0) is 31.3. The maximum absolute atomic E-state index is 13.8. The van der Waals surface area contributed by atoms with Crippen LogP contribution in [0.4, 0.5) is 16.2 Å². The zero-order valence-corrected chi connectivity index (χ0v) is 23.9. The van der Waals surface area contributed by atoms with Crippen LogP contribution in [0.15, 0.2) is 97.1 Å². The van der Waals surface area contributed by atoms with Crippen molar-refractivity contribution in [2.24, 2.45) is 5.73 Å². The van der Waals surface area contributed by atoms with Gasteiger partial charge in [-0.05, 0) is 41.5 Å². The number of benzene rings is 4. The van der Waals surface area contributed by atoms with Crippen LogP contribution in [0.2, 0.25) is 0 Å². The first-order chi connectivity index (χ1) is 21.4. The van der Waals surface area contributed by atoms with E-state index in [0.29, 0.717) is 28.3 Å². The molecule has 0 radical (unpaired) electrons. The molecule has 0 aliphatic rings. The van der Waals surface area contributed by atoms with Gasteiger partial charge in [-0.3, -0.25) is 9.59 Å². The topological polar surface area (TPSA) is 165 Å². The van der Waals surface area contributed by atoms with Gasteiger partial charge in [-0.2, -0.15) is 5.26 Å². The molecule has 1 atom stereocenters. The highest BCUT2D eigenvalue weighted by Crippen LogP contribution is 2.38. The lowest BCUT2D eigenvalue weighted by molar-refractivity contribution is -0.122. The van der Waals surface area contributed by atoms with Crippen LogP contribution in [-0.4, -0.2) is 31.6 Å². The molecule has 0 fully saturated rings. The normalized spacial score (nSPS) is 10.9. The van der Waals surface area contributed by atoms with Crippen LogP contribution >= 0.6 is 0 Å². The fraction of sp³-hybridized carbons (Fsp3) is 0.152. The Hall–Kier alpha value is -6.02. The van der Waals surface area contributed by atoms with E-state index in [-0.39, 0.29) is 18.8 Å². The lowest BCUT2D eigenvalue weighted by Crippen LogP contribution is -2.34. The van der Waals surface area contributed by atoms with Gasteiger partial charge in [0.15, 0.2) is 18.1 Å². The van der Waals surface area contributed by atoms with Crippen molar-refractivity contribution >= 4 is 29.3 Å². The quantitative estimate of drug-likeness (QED) is 0.174. The van der Waals surface area contributed by atoms with E-state index in [1.54, 1.807) is 30.3 Å². The van der Waals surface area contributed by atoms with E-state index < -0.39 is 30.6 Å². The highest BCUT2D eigenvalue weighted by molar-refractivity contribution is 5.96. The van der Waals surface area contributed by atoms with Gasteiger partial charge in [-0.25, -0.2) is 4.79 Å². The molecule has 4 aromatic carbocycles. The highest BCUT2D eigenvalue weighted by atomic mass is 16.5. The van der Waals surface area contributed by atoms with Gasteiger partial charge in [0.1, 0.15) is 12.6 Å². The molecule has 0 aliphatic carbocycles.